The Bertz CT molecular complexity index is 212. The first kappa shape index (κ1) is 14.3. The minimum atomic E-state index is -5.25. The minimum Gasteiger partial charge on any atom is -0.234 e. The van der Waals surface area contributed by atoms with Crippen LogP contribution in [0.15, 0.2) is 12.4 Å². The van der Waals surface area contributed by atoms with Crippen LogP contribution in [0.5, 0.6) is 0 Å². The van der Waals surface area contributed by atoms with Crippen LogP contribution in [-0.4, -0.2) is 22.1 Å². The molecule has 0 amide bonds. The van der Waals surface area contributed by atoms with Crippen LogP contribution in [0, 0.1) is 0 Å². The normalized spacial score (nSPS) is 18.6. The molecule has 0 radical (unpaired) electrons. The molecule has 0 spiro atoms. The van der Waals surface area contributed by atoms with Crippen molar-refractivity contribution in [2.45, 2.75) is 22.1 Å². The molecule has 0 aromatic carbocycles. The van der Waals surface area contributed by atoms with Crippen LogP contribution in [0.3, 0.4) is 0 Å². The summed E-state index contributed by atoms with van der Waals surface area (Å²) >= 11 is 15.2. The average molecular weight is 277 g/mol. The van der Waals surface area contributed by atoms with Crippen LogP contribution in [-0.2, 0) is 0 Å². The highest BCUT2D eigenvalue weighted by atomic mass is 35.5. The van der Waals surface area contributed by atoms with E-state index in [1.54, 1.807) is 0 Å². The maximum absolute atomic E-state index is 12.6. The molecular weight excluding hydrogens is 273 g/mol. The second kappa shape index (κ2) is 4.86. The van der Waals surface area contributed by atoms with Gasteiger partial charge >= 0.3 is 6.18 Å². The van der Waals surface area contributed by atoms with Gasteiger partial charge < -0.3 is 0 Å². The number of halogens is 8. The van der Waals surface area contributed by atoms with E-state index in [2.05, 4.69) is 0 Å². The quantitative estimate of drug-likeness (QED) is 0.537. The number of alkyl halides is 7. The standard InChI is InChI=1S/C6H4Cl3F5/c7-3(1-2-10)5(8,9)4(11)6(12,13)14/h1-4H. The van der Waals surface area contributed by atoms with Crippen molar-refractivity contribution in [3.8, 4) is 0 Å². The molecule has 0 saturated carbocycles. The highest BCUT2D eigenvalue weighted by Crippen LogP contribution is 2.42. The molecule has 0 aromatic heterocycles. The minimum absolute atomic E-state index is 0.166. The van der Waals surface area contributed by atoms with Crippen LogP contribution < -0.4 is 0 Å². The summed E-state index contributed by atoms with van der Waals surface area (Å²) in [7, 11) is 0. The fraction of sp³-hybridized carbons (Fsp3) is 0.667. The van der Waals surface area contributed by atoms with E-state index in [1.165, 1.54) is 0 Å². The largest absolute Gasteiger partial charge is 0.422 e. The van der Waals surface area contributed by atoms with Gasteiger partial charge in [-0.3, -0.25) is 0 Å². The highest BCUT2D eigenvalue weighted by Gasteiger charge is 2.56. The molecule has 0 heterocycles. The Labute approximate surface area is 91.6 Å². The molecule has 2 atom stereocenters. The lowest BCUT2D eigenvalue weighted by atomic mass is 10.2. The zero-order valence-electron chi connectivity index (χ0n) is 6.33. The van der Waals surface area contributed by atoms with Gasteiger partial charge in [-0.15, -0.1) is 11.6 Å². The van der Waals surface area contributed by atoms with Gasteiger partial charge in [0.1, 0.15) is 0 Å². The number of hydrogen-bond donors (Lipinski definition) is 0. The second-order valence-electron chi connectivity index (χ2n) is 2.30. The van der Waals surface area contributed by atoms with Gasteiger partial charge in [0.2, 0.25) is 6.17 Å². The summed E-state index contributed by atoms with van der Waals surface area (Å²) in [6.45, 7) is 0. The predicted molar refractivity (Wildman–Crippen MR) is 45.3 cm³/mol. The SMILES string of the molecule is FC=CC(Cl)C(Cl)(Cl)C(F)C(F)(F)F. The zero-order chi connectivity index (χ0) is 11.6. The zero-order valence-corrected chi connectivity index (χ0v) is 8.60. The molecule has 0 aliphatic heterocycles. The van der Waals surface area contributed by atoms with Crippen molar-refractivity contribution >= 4 is 34.8 Å². The van der Waals surface area contributed by atoms with Gasteiger partial charge in [-0.05, 0) is 6.08 Å². The van der Waals surface area contributed by atoms with E-state index >= 15 is 0 Å². The summed E-state index contributed by atoms with van der Waals surface area (Å²) in [4.78, 5) is 0. The van der Waals surface area contributed by atoms with E-state index in [0.29, 0.717) is 6.08 Å². The van der Waals surface area contributed by atoms with Crippen LogP contribution in [0.1, 0.15) is 0 Å². The molecule has 0 saturated heterocycles. The predicted octanol–water partition coefficient (Wildman–Crippen LogP) is 4.15. The van der Waals surface area contributed by atoms with Crippen LogP contribution in [0.25, 0.3) is 0 Å². The Kier molecular flexibility index (Phi) is 4.95. The average Bonchev–Trinajstić information content (AvgIpc) is 2.01. The van der Waals surface area contributed by atoms with Gasteiger partial charge in [0, 0.05) is 0 Å². The molecule has 0 aliphatic rings. The van der Waals surface area contributed by atoms with Crippen molar-refractivity contribution in [1.82, 2.24) is 0 Å². The van der Waals surface area contributed by atoms with E-state index in [-0.39, 0.29) is 6.33 Å². The Hall–Kier alpha value is 0.260. The van der Waals surface area contributed by atoms with E-state index in [9.17, 15) is 22.0 Å². The summed E-state index contributed by atoms with van der Waals surface area (Å²) < 4.78 is 56.7. The summed E-state index contributed by atoms with van der Waals surface area (Å²) in [6, 6.07) is 0. The number of allylic oxidation sites excluding steroid dienone is 1. The summed E-state index contributed by atoms with van der Waals surface area (Å²) in [6.07, 6.45) is -8.56. The van der Waals surface area contributed by atoms with Crippen LogP contribution in [0.4, 0.5) is 22.0 Å². The van der Waals surface area contributed by atoms with Gasteiger partial charge in [0.15, 0.2) is 4.33 Å². The Morgan fingerprint density at radius 2 is 1.57 bits per heavy atom. The van der Waals surface area contributed by atoms with E-state index < -0.39 is 22.1 Å². The maximum atomic E-state index is 12.6. The molecule has 8 heteroatoms. The molecule has 0 aromatic rings. The molecule has 84 valence electrons. The Balaban J connectivity index is 4.77. The lowest BCUT2D eigenvalue weighted by Crippen LogP contribution is -2.45. The second-order valence-corrected chi connectivity index (χ2v) is 4.21. The molecule has 0 fully saturated rings. The molecule has 0 nitrogen and oxygen atoms in total. The molecule has 0 aliphatic carbocycles. The molecule has 2 unspecified atom stereocenters. The van der Waals surface area contributed by atoms with Crippen molar-refractivity contribution in [1.29, 1.82) is 0 Å². The molecule has 14 heavy (non-hydrogen) atoms. The first-order valence-corrected chi connectivity index (χ1v) is 4.32. The van der Waals surface area contributed by atoms with E-state index in [4.69, 9.17) is 34.8 Å². The maximum Gasteiger partial charge on any atom is 0.422 e. The number of hydrogen-bond acceptors (Lipinski definition) is 0. The third-order valence-corrected chi connectivity index (χ3v) is 2.80. The van der Waals surface area contributed by atoms with Crippen LogP contribution in [0.2, 0.25) is 0 Å². The Morgan fingerprint density at radius 3 is 1.86 bits per heavy atom. The van der Waals surface area contributed by atoms with Crippen molar-refractivity contribution in [3.63, 3.8) is 0 Å². The lowest BCUT2D eigenvalue weighted by molar-refractivity contribution is -0.183. The van der Waals surface area contributed by atoms with Crippen molar-refractivity contribution < 1.29 is 22.0 Å². The summed E-state index contributed by atoms with van der Waals surface area (Å²) in [5, 5.41) is -1.83. The Morgan fingerprint density at radius 1 is 1.14 bits per heavy atom. The first-order chi connectivity index (χ1) is 6.14. The van der Waals surface area contributed by atoms with Crippen molar-refractivity contribution in [3.05, 3.63) is 12.4 Å². The molecular formula is C6H4Cl3F5. The molecule has 0 bridgehead atoms. The highest BCUT2D eigenvalue weighted by molar-refractivity contribution is 6.53. The van der Waals surface area contributed by atoms with E-state index in [0.717, 1.165) is 0 Å². The fourth-order valence-corrected chi connectivity index (χ4v) is 1.11. The molecule has 0 N–H and O–H groups in total. The van der Waals surface area contributed by atoms with Gasteiger partial charge in [0.05, 0.1) is 11.7 Å². The van der Waals surface area contributed by atoms with Gasteiger partial charge in [-0.2, -0.15) is 13.2 Å². The smallest absolute Gasteiger partial charge is 0.234 e. The third kappa shape index (κ3) is 3.44. The van der Waals surface area contributed by atoms with Gasteiger partial charge in [-0.25, -0.2) is 8.78 Å². The number of rotatable bonds is 3. The topological polar surface area (TPSA) is 0 Å². The van der Waals surface area contributed by atoms with Gasteiger partial charge in [-0.1, -0.05) is 23.2 Å². The van der Waals surface area contributed by atoms with Gasteiger partial charge in [0.25, 0.3) is 0 Å². The third-order valence-electron chi connectivity index (χ3n) is 1.23. The van der Waals surface area contributed by atoms with Crippen molar-refractivity contribution in [2.24, 2.45) is 0 Å². The summed E-state index contributed by atoms with van der Waals surface area (Å²) in [5.74, 6) is 0. The lowest BCUT2D eigenvalue weighted by Gasteiger charge is -2.27. The van der Waals surface area contributed by atoms with Crippen molar-refractivity contribution in [2.75, 3.05) is 0 Å². The van der Waals surface area contributed by atoms with E-state index in [1.807, 2.05) is 0 Å². The summed E-state index contributed by atoms with van der Waals surface area (Å²) in [5.41, 5.74) is 0. The fourth-order valence-electron chi connectivity index (χ4n) is 0.550. The molecule has 0 rings (SSSR count). The first-order valence-electron chi connectivity index (χ1n) is 3.13. The monoisotopic (exact) mass is 276 g/mol. The van der Waals surface area contributed by atoms with Crippen LogP contribution >= 0.6 is 34.8 Å².